The fourth-order valence-corrected chi connectivity index (χ4v) is 0.151. The molecule has 38 valence electrons. The van der Waals surface area contributed by atoms with E-state index in [1.165, 1.54) is 0 Å². The molecule has 0 radical (unpaired) electrons. The van der Waals surface area contributed by atoms with Crippen LogP contribution in [0.1, 0.15) is 5.48 Å². The van der Waals surface area contributed by atoms with Gasteiger partial charge in [-0.25, -0.2) is 4.21 Å². The first kappa shape index (κ1) is 1.90. The maximum atomic E-state index is 10.1. The molecule has 0 fully saturated rings. The van der Waals surface area contributed by atoms with Crippen molar-refractivity contribution in [3.63, 3.8) is 0 Å². The van der Waals surface area contributed by atoms with Gasteiger partial charge in [-0.1, -0.05) is 0 Å². The number of nitrogens with two attached hydrogens (primary N) is 1. The molecule has 0 aromatic carbocycles. The van der Waals surface area contributed by atoms with E-state index in [0.717, 1.165) is 0 Å². The van der Waals surface area contributed by atoms with E-state index in [4.69, 9.17) is 10.0 Å². The molecule has 3 nitrogen and oxygen atoms in total. The molecule has 1 unspecified atom stereocenters. The lowest BCUT2D eigenvalue weighted by Crippen LogP contribution is -2.08. The zero-order valence-electron chi connectivity index (χ0n) is 6.84. The van der Waals surface area contributed by atoms with Crippen molar-refractivity contribution >= 4 is 11.1 Å². The highest BCUT2D eigenvalue weighted by atomic mass is 32.2. The third-order valence-electron chi connectivity index (χ3n) is 0.146. The summed E-state index contributed by atoms with van der Waals surface area (Å²) in [7, 11) is 0. The van der Waals surface area contributed by atoms with Crippen molar-refractivity contribution in [3.8, 4) is 0 Å². The molecule has 0 aromatic heterocycles. The maximum absolute atomic E-state index is 10.1. The molecule has 6 heavy (non-hydrogen) atoms. The molecule has 1 atom stereocenters. The van der Waals surface area contributed by atoms with Crippen LogP contribution in [0.4, 0.5) is 0 Å². The summed E-state index contributed by atoms with van der Waals surface area (Å²) in [5, 5.41) is 0. The highest BCUT2D eigenvalue weighted by Crippen LogP contribution is 1.64. The van der Waals surface area contributed by atoms with Crippen LogP contribution in [0.25, 0.3) is 0 Å². The summed E-state index contributed by atoms with van der Waals surface area (Å²) in [5.74, 6) is 0. The lowest BCUT2D eigenvalue weighted by atomic mass is 10.8. The minimum absolute atomic E-state index is 2.80. The monoisotopic (exact) mass is 113 g/mol. The van der Waals surface area contributed by atoms with E-state index in [-0.39, 0.29) is 0 Å². The highest BCUT2D eigenvalue weighted by Gasteiger charge is 1.83. The van der Waals surface area contributed by atoms with E-state index < -0.39 is 23.3 Å². The topological polar surface area (TPSA) is 63.3 Å². The second-order valence-electron chi connectivity index (χ2n) is 0.496. The van der Waals surface area contributed by atoms with Gasteiger partial charge >= 0.3 is 0 Å². The fourth-order valence-electron chi connectivity index (χ4n) is 0.0504. The third kappa shape index (κ3) is 4.07. The predicted octanol–water partition coefficient (Wildman–Crippen LogP) is -0.833. The zero-order chi connectivity index (χ0) is 8.58. The molecule has 0 saturated heterocycles. The fraction of sp³-hybridized carbons (Fsp3) is 1.00. The Kier molecular flexibility index (Phi) is 1.03. The molecule has 3 N–H and O–H groups in total. The molecule has 0 heterocycles. The van der Waals surface area contributed by atoms with Crippen molar-refractivity contribution in [2.24, 2.45) is 5.73 Å². The van der Waals surface area contributed by atoms with Crippen LogP contribution in [0.2, 0.25) is 0 Å². The summed E-state index contributed by atoms with van der Waals surface area (Å²) < 4.78 is 44.7. The average Bonchev–Trinajstić information content (AvgIpc) is 1.62. The van der Waals surface area contributed by atoms with Gasteiger partial charge in [0.05, 0.1) is 5.70 Å². The molecular formula is C2H7NO2S. The van der Waals surface area contributed by atoms with Gasteiger partial charge in [-0.15, -0.1) is 0 Å². The first-order valence-electron chi connectivity index (χ1n) is 3.09. The zero-order valence-corrected chi connectivity index (χ0v) is 3.66. The Balaban J connectivity index is 4.57. The Morgan fingerprint density at radius 1 is 2.17 bits per heavy atom. The molecular weight excluding hydrogens is 102 g/mol. The van der Waals surface area contributed by atoms with Crippen molar-refractivity contribution in [1.29, 1.82) is 0 Å². The van der Waals surface area contributed by atoms with Gasteiger partial charge < -0.3 is 10.3 Å². The second kappa shape index (κ2) is 3.27. The quantitative estimate of drug-likeness (QED) is 0.459. The standard InChI is InChI=1S/C2H7NO2S/c3-1-2-6(4)5/h1-3H2,(H,4,5)/i1D2,2D2. The Labute approximate surface area is 44.4 Å². The van der Waals surface area contributed by atoms with Crippen LogP contribution in [-0.4, -0.2) is 21.0 Å². The molecule has 0 aliphatic rings. The Hall–Kier alpha value is 0.0700. The summed E-state index contributed by atoms with van der Waals surface area (Å²) >= 11 is -2.91. The van der Waals surface area contributed by atoms with Gasteiger partial charge in [0.2, 0.25) is 0 Å². The minimum Gasteiger partial charge on any atom is -0.329 e. The van der Waals surface area contributed by atoms with Crippen molar-refractivity contribution in [2.75, 3.05) is 12.2 Å². The normalized spacial score (nSPS) is 29.0. The minimum atomic E-state index is -2.92. The smallest absolute Gasteiger partial charge is 0.154 e. The molecule has 4 heteroatoms. The summed E-state index contributed by atoms with van der Waals surface area (Å²) in [6, 6.07) is 0. The Bertz CT molecular complexity index is 154. The van der Waals surface area contributed by atoms with Crippen LogP contribution in [0, 0.1) is 0 Å². The molecule has 0 aliphatic heterocycles. The number of rotatable bonds is 2. The van der Waals surface area contributed by atoms with Gasteiger partial charge in [0.15, 0.2) is 11.1 Å². The highest BCUT2D eigenvalue weighted by molar-refractivity contribution is 7.79. The van der Waals surface area contributed by atoms with E-state index in [9.17, 15) is 4.21 Å². The van der Waals surface area contributed by atoms with Gasteiger partial charge in [0.1, 0.15) is 0 Å². The molecule has 0 spiro atoms. The van der Waals surface area contributed by atoms with E-state index in [2.05, 4.69) is 5.73 Å². The van der Waals surface area contributed by atoms with Crippen LogP contribution < -0.4 is 5.73 Å². The van der Waals surface area contributed by atoms with Crippen LogP contribution in [0.3, 0.4) is 0 Å². The molecule has 0 rings (SSSR count). The van der Waals surface area contributed by atoms with Crippen molar-refractivity contribution in [3.05, 3.63) is 0 Å². The lowest BCUT2D eigenvalue weighted by molar-refractivity contribution is 0.564. The first-order valence-corrected chi connectivity index (χ1v) is 2.20. The van der Waals surface area contributed by atoms with E-state index in [1.54, 1.807) is 0 Å². The van der Waals surface area contributed by atoms with E-state index >= 15 is 0 Å². The summed E-state index contributed by atoms with van der Waals surface area (Å²) in [5.41, 5.74) is 1.70. The van der Waals surface area contributed by atoms with Crippen molar-refractivity contribution < 1.29 is 14.2 Å². The van der Waals surface area contributed by atoms with Gasteiger partial charge in [-0.05, 0) is 0 Å². The van der Waals surface area contributed by atoms with Crippen LogP contribution in [0.5, 0.6) is 0 Å². The van der Waals surface area contributed by atoms with Crippen LogP contribution in [0.15, 0.2) is 0 Å². The summed E-state index contributed by atoms with van der Waals surface area (Å²) in [6.45, 7) is -2.80. The van der Waals surface area contributed by atoms with Gasteiger partial charge in [0.25, 0.3) is 0 Å². The first-order chi connectivity index (χ1) is 4.19. The Morgan fingerprint density at radius 3 is 2.67 bits per heavy atom. The Morgan fingerprint density at radius 2 is 2.67 bits per heavy atom. The van der Waals surface area contributed by atoms with Crippen LogP contribution >= 0.6 is 0 Å². The van der Waals surface area contributed by atoms with Gasteiger partial charge in [0, 0.05) is 12.0 Å². The largest absolute Gasteiger partial charge is 0.329 e. The SMILES string of the molecule is [2H]C([2H])(N)C([2H])([2H])S(=O)O. The number of hydrogen-bond donors (Lipinski definition) is 2. The van der Waals surface area contributed by atoms with E-state index in [1.807, 2.05) is 0 Å². The van der Waals surface area contributed by atoms with Crippen LogP contribution in [-0.2, 0) is 11.1 Å². The molecule has 0 aromatic rings. The van der Waals surface area contributed by atoms with E-state index in [0.29, 0.717) is 0 Å². The molecule has 0 amide bonds. The van der Waals surface area contributed by atoms with Crippen molar-refractivity contribution in [2.45, 2.75) is 0 Å². The maximum Gasteiger partial charge on any atom is 0.154 e. The number of hydrogen-bond acceptors (Lipinski definition) is 2. The molecule has 0 saturated carbocycles. The molecule has 0 bridgehead atoms. The summed E-state index contributed by atoms with van der Waals surface area (Å²) in [4.78, 5) is 0. The predicted molar refractivity (Wildman–Crippen MR) is 24.7 cm³/mol. The lowest BCUT2D eigenvalue weighted by Gasteiger charge is -1.82. The summed E-state index contributed by atoms with van der Waals surface area (Å²) in [6.07, 6.45) is 0. The molecule has 0 aliphatic carbocycles. The van der Waals surface area contributed by atoms with Gasteiger partial charge in [-0.3, -0.25) is 0 Å². The third-order valence-corrected chi connectivity index (χ3v) is 0.439. The average molecular weight is 113 g/mol. The second-order valence-corrected chi connectivity index (χ2v) is 1.20. The van der Waals surface area contributed by atoms with Gasteiger partial charge in [-0.2, -0.15) is 0 Å². The van der Waals surface area contributed by atoms with Crippen molar-refractivity contribution in [1.82, 2.24) is 0 Å².